The Morgan fingerprint density at radius 3 is 2.90 bits per heavy atom. The normalized spacial score (nSPS) is 15.2. The minimum Gasteiger partial charge on any atom is -0.383 e. The molecule has 20 heavy (non-hydrogen) atoms. The summed E-state index contributed by atoms with van der Waals surface area (Å²) in [6.45, 7) is 3.52. The van der Waals surface area contributed by atoms with Crippen molar-refractivity contribution in [3.05, 3.63) is 35.8 Å². The van der Waals surface area contributed by atoms with Gasteiger partial charge >= 0.3 is 0 Å². The molecule has 0 saturated heterocycles. The molecule has 0 fully saturated rings. The molecular formula is C14H19N5O. The lowest BCUT2D eigenvalue weighted by Crippen LogP contribution is -2.33. The first-order valence-corrected chi connectivity index (χ1v) is 6.77. The maximum absolute atomic E-state index is 6.27. The minimum atomic E-state index is 0.730. The van der Waals surface area contributed by atoms with Gasteiger partial charge in [0.1, 0.15) is 5.82 Å². The van der Waals surface area contributed by atoms with Gasteiger partial charge in [-0.2, -0.15) is 5.10 Å². The molecule has 0 bridgehead atoms. The second-order valence-electron chi connectivity index (χ2n) is 4.95. The first-order valence-electron chi connectivity index (χ1n) is 6.77. The fourth-order valence-electron chi connectivity index (χ4n) is 2.54. The van der Waals surface area contributed by atoms with E-state index >= 15 is 0 Å². The Hall–Kier alpha value is -1.92. The van der Waals surface area contributed by atoms with Gasteiger partial charge in [-0.1, -0.05) is 0 Å². The van der Waals surface area contributed by atoms with Gasteiger partial charge in [-0.3, -0.25) is 9.88 Å². The van der Waals surface area contributed by atoms with Gasteiger partial charge in [0, 0.05) is 51.1 Å². The minimum absolute atomic E-state index is 0.730. The molecule has 0 aromatic carbocycles. The Morgan fingerprint density at radius 1 is 1.35 bits per heavy atom. The van der Waals surface area contributed by atoms with Gasteiger partial charge in [-0.05, 0) is 12.1 Å². The van der Waals surface area contributed by atoms with Crippen molar-refractivity contribution < 1.29 is 4.74 Å². The summed E-state index contributed by atoms with van der Waals surface area (Å²) in [4.78, 5) is 6.37. The molecule has 3 heterocycles. The second-order valence-corrected chi connectivity index (χ2v) is 4.95. The molecule has 0 saturated carbocycles. The summed E-state index contributed by atoms with van der Waals surface area (Å²) in [5.74, 6) is 0.730. The van der Waals surface area contributed by atoms with E-state index in [2.05, 4.69) is 15.0 Å². The van der Waals surface area contributed by atoms with Crippen molar-refractivity contribution in [2.75, 3.05) is 32.5 Å². The van der Waals surface area contributed by atoms with Crippen molar-refractivity contribution >= 4 is 5.82 Å². The molecule has 0 spiro atoms. The standard InChI is InChI=1S/C14H19N5O/c1-20-9-8-18-7-4-13-12(10-18)14(15)19(17-13)11-2-5-16-6-3-11/h2-3,5-6H,4,7-10,15H2,1H3. The molecule has 0 radical (unpaired) electrons. The van der Waals surface area contributed by atoms with Crippen LogP contribution in [0.4, 0.5) is 5.82 Å². The second kappa shape index (κ2) is 5.60. The summed E-state index contributed by atoms with van der Waals surface area (Å²) >= 11 is 0. The van der Waals surface area contributed by atoms with Crippen LogP contribution in [0, 0.1) is 0 Å². The van der Waals surface area contributed by atoms with Crippen LogP contribution < -0.4 is 5.73 Å². The van der Waals surface area contributed by atoms with Crippen molar-refractivity contribution in [1.82, 2.24) is 19.7 Å². The molecule has 2 aromatic rings. The Balaban J connectivity index is 1.86. The maximum Gasteiger partial charge on any atom is 0.132 e. The Bertz CT molecular complexity index is 581. The molecule has 0 unspecified atom stereocenters. The molecule has 0 aliphatic carbocycles. The fourth-order valence-corrected chi connectivity index (χ4v) is 2.54. The van der Waals surface area contributed by atoms with Crippen LogP contribution >= 0.6 is 0 Å². The summed E-state index contributed by atoms with van der Waals surface area (Å²) in [6, 6.07) is 3.83. The van der Waals surface area contributed by atoms with E-state index in [4.69, 9.17) is 10.5 Å². The van der Waals surface area contributed by atoms with E-state index < -0.39 is 0 Å². The van der Waals surface area contributed by atoms with Crippen LogP contribution in [0.25, 0.3) is 5.69 Å². The van der Waals surface area contributed by atoms with E-state index in [0.717, 1.165) is 55.4 Å². The predicted molar refractivity (Wildman–Crippen MR) is 76.6 cm³/mol. The molecule has 6 heteroatoms. The van der Waals surface area contributed by atoms with Crippen LogP contribution in [0.3, 0.4) is 0 Å². The largest absolute Gasteiger partial charge is 0.383 e. The lowest BCUT2D eigenvalue weighted by atomic mass is 10.1. The number of aromatic nitrogens is 3. The summed E-state index contributed by atoms with van der Waals surface area (Å²) in [5, 5.41) is 4.64. The first kappa shape index (κ1) is 13.1. The number of hydrogen-bond acceptors (Lipinski definition) is 5. The molecule has 106 valence electrons. The van der Waals surface area contributed by atoms with Crippen LogP contribution in [0.1, 0.15) is 11.3 Å². The Labute approximate surface area is 118 Å². The number of ether oxygens (including phenoxy) is 1. The summed E-state index contributed by atoms with van der Waals surface area (Å²) in [6.07, 6.45) is 4.43. The average molecular weight is 273 g/mol. The van der Waals surface area contributed by atoms with Crippen molar-refractivity contribution in [3.8, 4) is 5.69 Å². The Morgan fingerprint density at radius 2 is 2.15 bits per heavy atom. The zero-order valence-corrected chi connectivity index (χ0v) is 11.6. The number of nitrogens with two attached hydrogens (primary N) is 1. The topological polar surface area (TPSA) is 69.2 Å². The quantitative estimate of drug-likeness (QED) is 0.894. The molecule has 2 aromatic heterocycles. The highest BCUT2D eigenvalue weighted by Crippen LogP contribution is 2.26. The van der Waals surface area contributed by atoms with Gasteiger partial charge in [0.25, 0.3) is 0 Å². The smallest absolute Gasteiger partial charge is 0.132 e. The number of pyridine rings is 1. The third-order valence-electron chi connectivity index (χ3n) is 3.67. The van der Waals surface area contributed by atoms with E-state index in [9.17, 15) is 0 Å². The van der Waals surface area contributed by atoms with Crippen molar-refractivity contribution in [1.29, 1.82) is 0 Å². The first-order chi connectivity index (χ1) is 9.79. The van der Waals surface area contributed by atoms with E-state index in [1.807, 2.05) is 16.8 Å². The monoisotopic (exact) mass is 273 g/mol. The number of fused-ring (bicyclic) bond motifs is 1. The van der Waals surface area contributed by atoms with Gasteiger partial charge in [0.2, 0.25) is 0 Å². The molecule has 1 aliphatic heterocycles. The zero-order valence-electron chi connectivity index (χ0n) is 11.6. The lowest BCUT2D eigenvalue weighted by molar-refractivity contribution is 0.140. The van der Waals surface area contributed by atoms with Crippen LogP contribution in [0.2, 0.25) is 0 Å². The molecule has 2 N–H and O–H groups in total. The molecule has 6 nitrogen and oxygen atoms in total. The van der Waals surface area contributed by atoms with E-state index in [0.29, 0.717) is 0 Å². The van der Waals surface area contributed by atoms with Crippen molar-refractivity contribution in [2.45, 2.75) is 13.0 Å². The molecular weight excluding hydrogens is 254 g/mol. The van der Waals surface area contributed by atoms with Gasteiger partial charge in [0.15, 0.2) is 0 Å². The molecule has 3 rings (SSSR count). The number of rotatable bonds is 4. The average Bonchev–Trinajstić information content (AvgIpc) is 2.83. The number of methoxy groups -OCH3 is 1. The van der Waals surface area contributed by atoms with Crippen LogP contribution in [0.15, 0.2) is 24.5 Å². The number of nitrogen functional groups attached to an aromatic ring is 1. The van der Waals surface area contributed by atoms with Gasteiger partial charge in [0.05, 0.1) is 18.0 Å². The number of nitrogens with zero attached hydrogens (tertiary/aromatic N) is 4. The van der Waals surface area contributed by atoms with Gasteiger partial charge < -0.3 is 10.5 Å². The fraction of sp³-hybridized carbons (Fsp3) is 0.429. The summed E-state index contributed by atoms with van der Waals surface area (Å²) < 4.78 is 6.95. The SMILES string of the molecule is COCCN1CCc2nn(-c3ccncc3)c(N)c2C1. The predicted octanol–water partition coefficient (Wildman–Crippen LogP) is 0.854. The maximum atomic E-state index is 6.27. The van der Waals surface area contributed by atoms with Crippen LogP contribution in [0.5, 0.6) is 0 Å². The highest BCUT2D eigenvalue weighted by molar-refractivity contribution is 5.50. The molecule has 0 atom stereocenters. The van der Waals surface area contributed by atoms with Gasteiger partial charge in [-0.25, -0.2) is 4.68 Å². The van der Waals surface area contributed by atoms with E-state index in [-0.39, 0.29) is 0 Å². The number of anilines is 1. The summed E-state index contributed by atoms with van der Waals surface area (Å²) in [5.41, 5.74) is 9.47. The van der Waals surface area contributed by atoms with Crippen molar-refractivity contribution in [2.24, 2.45) is 0 Å². The van der Waals surface area contributed by atoms with Crippen LogP contribution in [-0.2, 0) is 17.7 Å². The molecule has 0 amide bonds. The highest BCUT2D eigenvalue weighted by Gasteiger charge is 2.23. The third-order valence-corrected chi connectivity index (χ3v) is 3.67. The lowest BCUT2D eigenvalue weighted by Gasteiger charge is -2.25. The number of hydrogen-bond donors (Lipinski definition) is 1. The van der Waals surface area contributed by atoms with E-state index in [1.54, 1.807) is 19.5 Å². The third kappa shape index (κ3) is 2.39. The summed E-state index contributed by atoms with van der Waals surface area (Å²) in [7, 11) is 1.73. The zero-order chi connectivity index (χ0) is 13.9. The highest BCUT2D eigenvalue weighted by atomic mass is 16.5. The van der Waals surface area contributed by atoms with Crippen LogP contribution in [-0.4, -0.2) is 46.5 Å². The van der Waals surface area contributed by atoms with E-state index in [1.165, 1.54) is 0 Å². The Kier molecular flexibility index (Phi) is 3.66. The molecule has 1 aliphatic rings. The van der Waals surface area contributed by atoms with Crippen molar-refractivity contribution in [3.63, 3.8) is 0 Å². The van der Waals surface area contributed by atoms with Gasteiger partial charge in [-0.15, -0.1) is 0 Å².